The Balaban J connectivity index is 2.94. The summed E-state index contributed by atoms with van der Waals surface area (Å²) in [7, 11) is 0. The Kier molecular flexibility index (Phi) is 4.26. The van der Waals surface area contributed by atoms with Crippen molar-refractivity contribution in [3.05, 3.63) is 38.9 Å². The van der Waals surface area contributed by atoms with E-state index in [0.29, 0.717) is 10.6 Å². The lowest BCUT2D eigenvalue weighted by molar-refractivity contribution is -0.385. The Morgan fingerprint density at radius 2 is 2.17 bits per heavy atom. The van der Waals surface area contributed by atoms with Gasteiger partial charge >= 0.3 is 0 Å². The number of hydrogen-bond acceptors (Lipinski definition) is 4. The van der Waals surface area contributed by atoms with Crippen LogP contribution in [-0.2, 0) is 11.3 Å². The Hall–Kier alpha value is -1.66. The van der Waals surface area contributed by atoms with Crippen molar-refractivity contribution in [2.75, 3.05) is 0 Å². The lowest BCUT2D eigenvalue weighted by Crippen LogP contribution is -2.50. The minimum absolute atomic E-state index is 0.0489. The number of rotatable bonds is 5. The molecule has 18 heavy (non-hydrogen) atoms. The molecule has 0 spiro atoms. The first-order valence-corrected chi connectivity index (χ1v) is 5.59. The minimum Gasteiger partial charge on any atom is -0.368 e. The first-order chi connectivity index (χ1) is 8.24. The monoisotopic (exact) mass is 271 g/mol. The maximum atomic E-state index is 11.1. The molecule has 7 heteroatoms. The van der Waals surface area contributed by atoms with E-state index >= 15 is 0 Å². The molecule has 0 atom stereocenters. The van der Waals surface area contributed by atoms with Gasteiger partial charge in [-0.3, -0.25) is 20.2 Å². The molecule has 3 N–H and O–H groups in total. The van der Waals surface area contributed by atoms with Crippen molar-refractivity contribution in [3.8, 4) is 0 Å². The minimum atomic E-state index is -0.948. The van der Waals surface area contributed by atoms with Gasteiger partial charge in [0.05, 0.1) is 10.5 Å². The van der Waals surface area contributed by atoms with E-state index in [1.54, 1.807) is 13.8 Å². The number of carbonyl (C=O) groups excluding carboxylic acids is 1. The fourth-order valence-corrected chi connectivity index (χ4v) is 1.47. The molecule has 0 aliphatic carbocycles. The van der Waals surface area contributed by atoms with E-state index < -0.39 is 16.4 Å². The van der Waals surface area contributed by atoms with Crippen molar-refractivity contribution in [3.63, 3.8) is 0 Å². The largest absolute Gasteiger partial charge is 0.368 e. The number of nitrogens with two attached hydrogens (primary N) is 1. The molecule has 0 unspecified atom stereocenters. The van der Waals surface area contributed by atoms with Gasteiger partial charge in [-0.05, 0) is 26.0 Å². The Bertz CT molecular complexity index is 488. The summed E-state index contributed by atoms with van der Waals surface area (Å²) in [6.07, 6.45) is 0. The third-order valence-electron chi connectivity index (χ3n) is 2.58. The van der Waals surface area contributed by atoms with Crippen LogP contribution < -0.4 is 11.1 Å². The van der Waals surface area contributed by atoms with Crippen LogP contribution >= 0.6 is 11.6 Å². The molecule has 0 aliphatic rings. The van der Waals surface area contributed by atoms with Crippen LogP contribution in [-0.4, -0.2) is 16.4 Å². The van der Waals surface area contributed by atoms with Gasteiger partial charge < -0.3 is 5.73 Å². The zero-order valence-corrected chi connectivity index (χ0v) is 10.8. The summed E-state index contributed by atoms with van der Waals surface area (Å²) < 4.78 is 0. The lowest BCUT2D eigenvalue weighted by Gasteiger charge is -2.22. The van der Waals surface area contributed by atoms with Crippen molar-refractivity contribution in [2.24, 2.45) is 5.73 Å². The van der Waals surface area contributed by atoms with Crippen LogP contribution in [0.2, 0.25) is 5.02 Å². The molecule has 0 radical (unpaired) electrons. The summed E-state index contributed by atoms with van der Waals surface area (Å²) in [5, 5.41) is 14.1. The number of benzene rings is 1. The van der Waals surface area contributed by atoms with Crippen molar-refractivity contribution in [1.29, 1.82) is 0 Å². The summed E-state index contributed by atoms with van der Waals surface area (Å²) in [5.41, 5.74) is 4.61. The summed E-state index contributed by atoms with van der Waals surface area (Å²) >= 11 is 5.79. The molecule has 1 aromatic carbocycles. The van der Waals surface area contributed by atoms with Gasteiger partial charge in [-0.2, -0.15) is 0 Å². The zero-order chi connectivity index (χ0) is 13.9. The van der Waals surface area contributed by atoms with Gasteiger partial charge in [0.15, 0.2) is 0 Å². The highest BCUT2D eigenvalue weighted by Crippen LogP contribution is 2.23. The van der Waals surface area contributed by atoms with E-state index in [1.165, 1.54) is 18.2 Å². The van der Waals surface area contributed by atoms with E-state index in [9.17, 15) is 14.9 Å². The molecule has 0 aromatic heterocycles. The van der Waals surface area contributed by atoms with Crippen LogP contribution in [0.15, 0.2) is 18.2 Å². The summed E-state index contributed by atoms with van der Waals surface area (Å²) in [5.74, 6) is -0.535. The van der Waals surface area contributed by atoms with Gasteiger partial charge in [0.25, 0.3) is 5.69 Å². The second kappa shape index (κ2) is 5.32. The van der Waals surface area contributed by atoms with Gasteiger partial charge in [-0.25, -0.2) is 0 Å². The molecule has 0 heterocycles. The van der Waals surface area contributed by atoms with Crippen LogP contribution in [0.5, 0.6) is 0 Å². The molecule has 0 saturated heterocycles. The molecule has 0 saturated carbocycles. The molecule has 6 nitrogen and oxygen atoms in total. The second-order valence-electron chi connectivity index (χ2n) is 4.37. The number of hydrogen-bond donors (Lipinski definition) is 2. The molecular formula is C11H14ClN3O3. The van der Waals surface area contributed by atoms with Crippen LogP contribution in [0.4, 0.5) is 5.69 Å². The maximum Gasteiger partial charge on any atom is 0.273 e. The van der Waals surface area contributed by atoms with E-state index in [0.717, 1.165) is 0 Å². The van der Waals surface area contributed by atoms with Crippen molar-refractivity contribution >= 4 is 23.2 Å². The van der Waals surface area contributed by atoms with Crippen LogP contribution in [0.25, 0.3) is 0 Å². The number of amides is 1. The van der Waals surface area contributed by atoms with E-state index in [1.807, 2.05) is 0 Å². The fourth-order valence-electron chi connectivity index (χ4n) is 1.28. The summed E-state index contributed by atoms with van der Waals surface area (Å²) in [6, 6.07) is 4.27. The Morgan fingerprint density at radius 1 is 1.56 bits per heavy atom. The smallest absolute Gasteiger partial charge is 0.273 e. The molecule has 0 bridgehead atoms. The summed E-state index contributed by atoms with van der Waals surface area (Å²) in [6.45, 7) is 3.34. The normalized spacial score (nSPS) is 11.3. The molecule has 1 amide bonds. The number of halogens is 1. The Morgan fingerprint density at radius 3 is 2.67 bits per heavy atom. The number of carbonyl (C=O) groups is 1. The summed E-state index contributed by atoms with van der Waals surface area (Å²) in [4.78, 5) is 21.5. The van der Waals surface area contributed by atoms with Gasteiger partial charge in [0.1, 0.15) is 0 Å². The third kappa shape index (κ3) is 3.41. The fraction of sp³-hybridized carbons (Fsp3) is 0.364. The molecule has 0 fully saturated rings. The number of primary amides is 1. The first-order valence-electron chi connectivity index (χ1n) is 5.22. The number of nitrogens with zero attached hydrogens (tertiary/aromatic N) is 1. The average Bonchev–Trinajstić information content (AvgIpc) is 2.26. The highest BCUT2D eigenvalue weighted by atomic mass is 35.5. The van der Waals surface area contributed by atoms with Crippen LogP contribution in [0.3, 0.4) is 0 Å². The predicted octanol–water partition coefficient (Wildman–Crippen LogP) is 1.60. The maximum absolute atomic E-state index is 11.1. The van der Waals surface area contributed by atoms with Crippen molar-refractivity contribution < 1.29 is 9.72 Å². The van der Waals surface area contributed by atoms with Crippen molar-refractivity contribution in [2.45, 2.75) is 25.9 Å². The van der Waals surface area contributed by atoms with Crippen molar-refractivity contribution in [1.82, 2.24) is 5.32 Å². The third-order valence-corrected chi connectivity index (χ3v) is 2.81. The zero-order valence-electron chi connectivity index (χ0n) is 10.1. The molecule has 98 valence electrons. The van der Waals surface area contributed by atoms with Crippen LogP contribution in [0.1, 0.15) is 19.4 Å². The lowest BCUT2D eigenvalue weighted by atomic mass is 10.0. The van der Waals surface area contributed by atoms with Gasteiger partial charge in [0.2, 0.25) is 5.91 Å². The SMILES string of the molecule is CC(C)(NCc1cc(Cl)ccc1[N+](=O)[O-])C(N)=O. The second-order valence-corrected chi connectivity index (χ2v) is 4.81. The molecule has 1 rings (SSSR count). The van der Waals surface area contributed by atoms with Gasteiger partial charge in [-0.15, -0.1) is 0 Å². The molecular weight excluding hydrogens is 258 g/mol. The predicted molar refractivity (Wildman–Crippen MR) is 68.2 cm³/mol. The van der Waals surface area contributed by atoms with E-state index in [2.05, 4.69) is 5.32 Å². The number of nitrogens with one attached hydrogen (secondary N) is 1. The standard InChI is InChI=1S/C11H14ClN3O3/c1-11(2,10(13)16)14-6-7-5-8(12)3-4-9(7)15(17)18/h3-5,14H,6H2,1-2H3,(H2,13,16). The van der Waals surface area contributed by atoms with Crippen LogP contribution in [0, 0.1) is 10.1 Å². The molecule has 0 aliphatic heterocycles. The van der Waals surface area contributed by atoms with Gasteiger partial charge in [0, 0.05) is 23.2 Å². The average molecular weight is 272 g/mol. The number of nitro benzene ring substituents is 1. The quantitative estimate of drug-likeness (QED) is 0.628. The van der Waals surface area contributed by atoms with E-state index in [4.69, 9.17) is 17.3 Å². The topological polar surface area (TPSA) is 98.3 Å². The van der Waals surface area contributed by atoms with E-state index in [-0.39, 0.29) is 12.2 Å². The highest BCUT2D eigenvalue weighted by Gasteiger charge is 2.25. The molecule has 1 aromatic rings. The van der Waals surface area contributed by atoms with Gasteiger partial charge in [-0.1, -0.05) is 11.6 Å². The Labute approximate surface area is 109 Å². The highest BCUT2D eigenvalue weighted by molar-refractivity contribution is 6.30. The number of nitro groups is 1. The first kappa shape index (κ1) is 14.4.